The van der Waals surface area contributed by atoms with E-state index in [4.69, 9.17) is 0 Å². The minimum atomic E-state index is -0.254. The van der Waals surface area contributed by atoms with Crippen molar-refractivity contribution in [1.29, 1.82) is 0 Å². The predicted octanol–water partition coefficient (Wildman–Crippen LogP) is 1.83. The first kappa shape index (κ1) is 13.4. The van der Waals surface area contributed by atoms with E-state index in [1.165, 1.54) is 12.4 Å². The normalized spacial score (nSPS) is 11.1. The van der Waals surface area contributed by atoms with Crippen LogP contribution in [0.5, 0.6) is 0 Å². The third-order valence-electron chi connectivity index (χ3n) is 1.94. The quantitative estimate of drug-likeness (QED) is 0.837. The summed E-state index contributed by atoms with van der Waals surface area (Å²) >= 11 is 0. The SMILES string of the molecule is CCCNc1ncc(C(=O)NC(C)(C)C)cn1. The number of anilines is 1. The number of hydrogen-bond acceptors (Lipinski definition) is 4. The highest BCUT2D eigenvalue weighted by molar-refractivity contribution is 5.94. The summed E-state index contributed by atoms with van der Waals surface area (Å²) in [6, 6.07) is 0. The molecule has 5 heteroatoms. The summed E-state index contributed by atoms with van der Waals surface area (Å²) in [5.41, 5.74) is 0.220. The van der Waals surface area contributed by atoms with E-state index in [1.54, 1.807) is 0 Å². The van der Waals surface area contributed by atoms with Crippen LogP contribution in [0.25, 0.3) is 0 Å². The first-order chi connectivity index (χ1) is 7.92. The maximum absolute atomic E-state index is 11.8. The summed E-state index contributed by atoms with van der Waals surface area (Å²) in [7, 11) is 0. The molecule has 0 atom stereocenters. The van der Waals surface area contributed by atoms with Crippen LogP contribution in [-0.4, -0.2) is 28.0 Å². The van der Waals surface area contributed by atoms with Crippen LogP contribution in [0.2, 0.25) is 0 Å². The van der Waals surface area contributed by atoms with Gasteiger partial charge in [-0.1, -0.05) is 6.92 Å². The second-order valence-corrected chi connectivity index (χ2v) is 4.93. The van der Waals surface area contributed by atoms with Crippen molar-refractivity contribution in [2.24, 2.45) is 0 Å². The molecular weight excluding hydrogens is 216 g/mol. The van der Waals surface area contributed by atoms with Crippen molar-refractivity contribution >= 4 is 11.9 Å². The van der Waals surface area contributed by atoms with E-state index in [9.17, 15) is 4.79 Å². The smallest absolute Gasteiger partial charge is 0.254 e. The fourth-order valence-electron chi connectivity index (χ4n) is 1.19. The lowest BCUT2D eigenvalue weighted by Crippen LogP contribution is -2.40. The Balaban J connectivity index is 2.64. The van der Waals surface area contributed by atoms with Gasteiger partial charge in [-0.15, -0.1) is 0 Å². The van der Waals surface area contributed by atoms with Gasteiger partial charge in [-0.2, -0.15) is 0 Å². The van der Waals surface area contributed by atoms with Gasteiger partial charge in [-0.3, -0.25) is 4.79 Å². The van der Waals surface area contributed by atoms with Gasteiger partial charge in [0.2, 0.25) is 5.95 Å². The van der Waals surface area contributed by atoms with Crippen molar-refractivity contribution in [2.75, 3.05) is 11.9 Å². The molecule has 0 aliphatic heterocycles. The van der Waals surface area contributed by atoms with Crippen molar-refractivity contribution in [3.05, 3.63) is 18.0 Å². The summed E-state index contributed by atoms with van der Waals surface area (Å²) < 4.78 is 0. The van der Waals surface area contributed by atoms with E-state index in [-0.39, 0.29) is 11.4 Å². The summed E-state index contributed by atoms with van der Waals surface area (Å²) in [6.45, 7) is 8.69. The van der Waals surface area contributed by atoms with Crippen LogP contribution in [-0.2, 0) is 0 Å². The first-order valence-corrected chi connectivity index (χ1v) is 5.81. The Labute approximate surface area is 102 Å². The Hall–Kier alpha value is -1.65. The summed E-state index contributed by atoms with van der Waals surface area (Å²) in [5.74, 6) is 0.402. The summed E-state index contributed by atoms with van der Waals surface area (Å²) in [6.07, 6.45) is 4.08. The van der Waals surface area contributed by atoms with Gasteiger partial charge in [-0.25, -0.2) is 9.97 Å². The van der Waals surface area contributed by atoms with E-state index in [1.807, 2.05) is 20.8 Å². The zero-order valence-electron chi connectivity index (χ0n) is 10.9. The highest BCUT2D eigenvalue weighted by Crippen LogP contribution is 2.04. The molecular formula is C12H20N4O. The lowest BCUT2D eigenvalue weighted by atomic mass is 10.1. The van der Waals surface area contributed by atoms with Crippen LogP contribution in [0.15, 0.2) is 12.4 Å². The van der Waals surface area contributed by atoms with Gasteiger partial charge in [0.1, 0.15) is 0 Å². The molecule has 0 aliphatic carbocycles. The fraction of sp³-hybridized carbons (Fsp3) is 0.583. The van der Waals surface area contributed by atoms with Gasteiger partial charge >= 0.3 is 0 Å². The average Bonchev–Trinajstić information content (AvgIpc) is 2.24. The molecule has 1 amide bonds. The van der Waals surface area contributed by atoms with Gasteiger partial charge in [0.25, 0.3) is 5.91 Å². The molecule has 17 heavy (non-hydrogen) atoms. The van der Waals surface area contributed by atoms with E-state index >= 15 is 0 Å². The van der Waals surface area contributed by atoms with E-state index in [0.717, 1.165) is 13.0 Å². The monoisotopic (exact) mass is 236 g/mol. The third kappa shape index (κ3) is 4.80. The highest BCUT2D eigenvalue weighted by Gasteiger charge is 2.15. The average molecular weight is 236 g/mol. The standard InChI is InChI=1S/C12H20N4O/c1-5-6-13-11-14-7-9(8-15-11)10(17)16-12(2,3)4/h7-8H,5-6H2,1-4H3,(H,16,17)(H,13,14,15). The van der Waals surface area contributed by atoms with Crippen LogP contribution >= 0.6 is 0 Å². The topological polar surface area (TPSA) is 66.9 Å². The van der Waals surface area contributed by atoms with Gasteiger partial charge in [-0.05, 0) is 27.2 Å². The molecule has 2 N–H and O–H groups in total. The largest absolute Gasteiger partial charge is 0.354 e. The van der Waals surface area contributed by atoms with Crippen molar-refractivity contribution in [1.82, 2.24) is 15.3 Å². The van der Waals surface area contributed by atoms with Crippen LogP contribution in [0.4, 0.5) is 5.95 Å². The fourth-order valence-corrected chi connectivity index (χ4v) is 1.19. The zero-order chi connectivity index (χ0) is 12.9. The number of carbonyl (C=O) groups excluding carboxylic acids is 1. The second-order valence-electron chi connectivity index (χ2n) is 4.93. The number of hydrogen-bond donors (Lipinski definition) is 2. The predicted molar refractivity (Wildman–Crippen MR) is 68.0 cm³/mol. The molecule has 0 aromatic carbocycles. The van der Waals surface area contributed by atoms with Crippen molar-refractivity contribution < 1.29 is 4.79 Å². The molecule has 1 aromatic rings. The first-order valence-electron chi connectivity index (χ1n) is 5.81. The van der Waals surface area contributed by atoms with Crippen LogP contribution in [0.1, 0.15) is 44.5 Å². The molecule has 0 radical (unpaired) electrons. The van der Waals surface area contributed by atoms with Crippen LogP contribution in [0.3, 0.4) is 0 Å². The Morgan fingerprint density at radius 1 is 1.29 bits per heavy atom. The lowest BCUT2D eigenvalue weighted by molar-refractivity contribution is 0.0919. The van der Waals surface area contributed by atoms with Crippen molar-refractivity contribution in [3.8, 4) is 0 Å². The molecule has 1 rings (SSSR count). The van der Waals surface area contributed by atoms with E-state index < -0.39 is 0 Å². The molecule has 0 saturated carbocycles. The molecule has 1 aromatic heterocycles. The second kappa shape index (κ2) is 5.61. The van der Waals surface area contributed by atoms with Crippen molar-refractivity contribution in [3.63, 3.8) is 0 Å². The minimum absolute atomic E-state index is 0.153. The Kier molecular flexibility index (Phi) is 4.43. The van der Waals surface area contributed by atoms with E-state index in [0.29, 0.717) is 11.5 Å². The summed E-state index contributed by atoms with van der Waals surface area (Å²) in [5, 5.41) is 5.91. The maximum atomic E-state index is 11.8. The number of carbonyl (C=O) groups is 1. The van der Waals surface area contributed by atoms with Gasteiger partial charge in [0.05, 0.1) is 5.56 Å². The molecule has 0 saturated heterocycles. The van der Waals surface area contributed by atoms with Crippen LogP contribution < -0.4 is 10.6 Å². The van der Waals surface area contributed by atoms with Gasteiger partial charge in [0.15, 0.2) is 0 Å². The Morgan fingerprint density at radius 2 is 1.88 bits per heavy atom. The lowest BCUT2D eigenvalue weighted by Gasteiger charge is -2.20. The molecule has 0 unspecified atom stereocenters. The van der Waals surface area contributed by atoms with Gasteiger partial charge in [0, 0.05) is 24.5 Å². The number of nitrogens with one attached hydrogen (secondary N) is 2. The zero-order valence-corrected chi connectivity index (χ0v) is 10.9. The number of aromatic nitrogens is 2. The molecule has 94 valence electrons. The minimum Gasteiger partial charge on any atom is -0.354 e. The Bertz CT molecular complexity index is 367. The molecule has 0 fully saturated rings. The molecule has 0 bridgehead atoms. The molecule has 1 heterocycles. The molecule has 0 aliphatic rings. The summed E-state index contributed by atoms with van der Waals surface area (Å²) in [4.78, 5) is 19.9. The number of amides is 1. The third-order valence-corrected chi connectivity index (χ3v) is 1.94. The molecule has 0 spiro atoms. The number of nitrogens with zero attached hydrogens (tertiary/aromatic N) is 2. The molecule has 5 nitrogen and oxygen atoms in total. The Morgan fingerprint density at radius 3 is 2.35 bits per heavy atom. The highest BCUT2D eigenvalue weighted by atomic mass is 16.1. The maximum Gasteiger partial charge on any atom is 0.254 e. The van der Waals surface area contributed by atoms with Crippen LogP contribution in [0, 0.1) is 0 Å². The van der Waals surface area contributed by atoms with E-state index in [2.05, 4.69) is 27.5 Å². The number of rotatable bonds is 4. The van der Waals surface area contributed by atoms with Crippen molar-refractivity contribution in [2.45, 2.75) is 39.7 Å². The van der Waals surface area contributed by atoms with Gasteiger partial charge < -0.3 is 10.6 Å².